The van der Waals surface area contributed by atoms with Gasteiger partial charge in [-0.2, -0.15) is 0 Å². The molecule has 0 unspecified atom stereocenters. The van der Waals surface area contributed by atoms with Crippen molar-refractivity contribution in [3.8, 4) is 0 Å². The molecule has 0 aromatic carbocycles. The molecule has 88 valence electrons. The molecule has 15 heavy (non-hydrogen) atoms. The van der Waals surface area contributed by atoms with Crippen LogP contribution in [-0.2, 0) is 9.53 Å². The Morgan fingerprint density at radius 2 is 2.13 bits per heavy atom. The number of carbonyl (C=O) groups excluding carboxylic acids is 1. The maximum absolute atomic E-state index is 11.4. The lowest BCUT2D eigenvalue weighted by atomic mass is 9.89. The topological polar surface area (TPSA) is 64.4 Å². The fraction of sp³-hybridized carbons (Fsp3) is 0.909. The van der Waals surface area contributed by atoms with E-state index >= 15 is 0 Å². The molecule has 3 N–H and O–H groups in total. The van der Waals surface area contributed by atoms with Crippen LogP contribution >= 0.6 is 0 Å². The Bertz CT molecular complexity index is 203. The molecule has 1 fully saturated rings. The fourth-order valence-corrected chi connectivity index (χ4v) is 1.56. The summed E-state index contributed by atoms with van der Waals surface area (Å²) in [5.41, 5.74) is 5.55. The third-order valence-electron chi connectivity index (χ3n) is 2.72. The zero-order chi connectivity index (χ0) is 11.1. The third-order valence-corrected chi connectivity index (χ3v) is 2.72. The quantitative estimate of drug-likeness (QED) is 0.612. The number of nitrogens with one attached hydrogen (secondary N) is 1. The molecule has 1 aliphatic heterocycles. The molecule has 0 atom stereocenters. The fourth-order valence-electron chi connectivity index (χ4n) is 1.56. The smallest absolute Gasteiger partial charge is 0.220 e. The summed E-state index contributed by atoms with van der Waals surface area (Å²) < 4.78 is 5.12. The first-order valence-corrected chi connectivity index (χ1v) is 5.71. The van der Waals surface area contributed by atoms with Gasteiger partial charge < -0.3 is 15.8 Å². The first-order chi connectivity index (χ1) is 7.16. The minimum absolute atomic E-state index is 0.153. The Hall–Kier alpha value is -0.610. The third kappa shape index (κ3) is 4.62. The number of rotatable bonds is 7. The molecule has 0 aliphatic carbocycles. The average molecular weight is 214 g/mol. The van der Waals surface area contributed by atoms with Gasteiger partial charge in [0.25, 0.3) is 0 Å². The molecule has 1 aliphatic rings. The summed E-state index contributed by atoms with van der Waals surface area (Å²) in [7, 11) is 0. The van der Waals surface area contributed by atoms with E-state index in [1.807, 2.05) is 0 Å². The zero-order valence-corrected chi connectivity index (χ0v) is 9.55. The van der Waals surface area contributed by atoms with Gasteiger partial charge in [0.15, 0.2) is 0 Å². The van der Waals surface area contributed by atoms with Gasteiger partial charge in [-0.1, -0.05) is 13.3 Å². The molecule has 1 saturated heterocycles. The first kappa shape index (κ1) is 12.5. The lowest BCUT2D eigenvalue weighted by Gasteiger charge is -2.38. The monoisotopic (exact) mass is 214 g/mol. The van der Waals surface area contributed by atoms with Gasteiger partial charge in [0.05, 0.1) is 13.2 Å². The first-order valence-electron chi connectivity index (χ1n) is 5.71. The van der Waals surface area contributed by atoms with E-state index in [1.54, 1.807) is 0 Å². The van der Waals surface area contributed by atoms with Gasteiger partial charge in [-0.15, -0.1) is 0 Å². The van der Waals surface area contributed by atoms with E-state index in [4.69, 9.17) is 10.5 Å². The summed E-state index contributed by atoms with van der Waals surface area (Å²) in [6.07, 6.45) is 3.62. The second kappa shape index (κ2) is 6.08. The van der Waals surface area contributed by atoms with E-state index in [0.717, 1.165) is 45.6 Å². The molecule has 1 rings (SSSR count). The minimum Gasteiger partial charge on any atom is -0.380 e. The Morgan fingerprint density at radius 3 is 2.67 bits per heavy atom. The highest BCUT2D eigenvalue weighted by Crippen LogP contribution is 2.25. The number of nitrogens with two attached hydrogens (primary N) is 1. The van der Waals surface area contributed by atoms with Crippen molar-refractivity contribution in [2.45, 2.75) is 32.6 Å². The van der Waals surface area contributed by atoms with Crippen molar-refractivity contribution in [2.24, 2.45) is 11.1 Å². The van der Waals surface area contributed by atoms with Gasteiger partial charge in [-0.25, -0.2) is 0 Å². The highest BCUT2D eigenvalue weighted by atomic mass is 16.5. The van der Waals surface area contributed by atoms with Crippen molar-refractivity contribution in [2.75, 3.05) is 26.3 Å². The zero-order valence-electron chi connectivity index (χ0n) is 9.55. The summed E-state index contributed by atoms with van der Waals surface area (Å²) >= 11 is 0. The van der Waals surface area contributed by atoms with Crippen molar-refractivity contribution in [1.29, 1.82) is 0 Å². The lowest BCUT2D eigenvalue weighted by Crippen LogP contribution is -2.48. The molecule has 0 saturated carbocycles. The summed E-state index contributed by atoms with van der Waals surface area (Å²) in [6, 6.07) is 0. The molecule has 1 amide bonds. The van der Waals surface area contributed by atoms with Crippen LogP contribution in [0.1, 0.15) is 32.6 Å². The predicted molar refractivity (Wildman–Crippen MR) is 59.5 cm³/mol. The Labute approximate surface area is 91.5 Å². The molecular formula is C11H22N2O2. The van der Waals surface area contributed by atoms with Crippen LogP contribution in [0.3, 0.4) is 0 Å². The van der Waals surface area contributed by atoms with Crippen molar-refractivity contribution in [3.63, 3.8) is 0 Å². The number of ether oxygens (including phenoxy) is 1. The highest BCUT2D eigenvalue weighted by molar-refractivity contribution is 5.75. The van der Waals surface area contributed by atoms with Crippen LogP contribution in [0, 0.1) is 5.41 Å². The van der Waals surface area contributed by atoms with Crippen molar-refractivity contribution < 1.29 is 9.53 Å². The number of unbranched alkanes of at least 4 members (excludes halogenated alkanes) is 2. The Kier molecular flexibility index (Phi) is 5.05. The van der Waals surface area contributed by atoms with Crippen LogP contribution < -0.4 is 11.1 Å². The van der Waals surface area contributed by atoms with Gasteiger partial charge >= 0.3 is 0 Å². The molecule has 0 aromatic heterocycles. The molecule has 0 radical (unpaired) electrons. The van der Waals surface area contributed by atoms with Crippen molar-refractivity contribution in [1.82, 2.24) is 5.32 Å². The van der Waals surface area contributed by atoms with E-state index in [0.29, 0.717) is 6.42 Å². The van der Waals surface area contributed by atoms with Gasteiger partial charge in [0.2, 0.25) is 5.91 Å². The van der Waals surface area contributed by atoms with Crippen LogP contribution in [-0.4, -0.2) is 32.2 Å². The van der Waals surface area contributed by atoms with E-state index in [1.165, 1.54) is 0 Å². The van der Waals surface area contributed by atoms with E-state index in [2.05, 4.69) is 12.2 Å². The van der Waals surface area contributed by atoms with Gasteiger partial charge in [-0.3, -0.25) is 4.79 Å². The minimum atomic E-state index is 0.153. The predicted octanol–water partition coefficient (Wildman–Crippen LogP) is 0.658. The normalized spacial score (nSPS) is 18.3. The van der Waals surface area contributed by atoms with Crippen LogP contribution in [0.2, 0.25) is 0 Å². The molecule has 0 bridgehead atoms. The second-order valence-electron chi connectivity index (χ2n) is 4.68. The SMILES string of the molecule is CC1(CNC(=O)CCCCCN)COC1. The summed E-state index contributed by atoms with van der Waals surface area (Å²) in [4.78, 5) is 11.4. The van der Waals surface area contributed by atoms with Gasteiger partial charge in [-0.05, 0) is 19.4 Å². The van der Waals surface area contributed by atoms with Crippen LogP contribution in [0.25, 0.3) is 0 Å². The van der Waals surface area contributed by atoms with Crippen LogP contribution in [0.5, 0.6) is 0 Å². The molecule has 0 aromatic rings. The largest absolute Gasteiger partial charge is 0.380 e. The Morgan fingerprint density at radius 1 is 1.40 bits per heavy atom. The number of hydrogen-bond donors (Lipinski definition) is 2. The maximum Gasteiger partial charge on any atom is 0.220 e. The number of carbonyl (C=O) groups is 1. The molecule has 4 nitrogen and oxygen atoms in total. The maximum atomic E-state index is 11.4. The van der Waals surface area contributed by atoms with E-state index in [9.17, 15) is 4.79 Å². The summed E-state index contributed by atoms with van der Waals surface area (Å²) in [6.45, 7) is 5.12. The molecule has 0 spiro atoms. The number of amides is 1. The van der Waals surface area contributed by atoms with Gasteiger partial charge in [0.1, 0.15) is 0 Å². The van der Waals surface area contributed by atoms with Crippen LogP contribution in [0.4, 0.5) is 0 Å². The number of hydrogen-bond acceptors (Lipinski definition) is 3. The standard InChI is InChI=1S/C11H22N2O2/c1-11(8-15-9-11)7-13-10(14)5-3-2-4-6-12/h2-9,12H2,1H3,(H,13,14). The Balaban J connectivity index is 1.98. The summed E-state index contributed by atoms with van der Waals surface area (Å²) in [5.74, 6) is 0.153. The van der Waals surface area contributed by atoms with E-state index in [-0.39, 0.29) is 11.3 Å². The van der Waals surface area contributed by atoms with Crippen molar-refractivity contribution >= 4 is 5.91 Å². The second-order valence-corrected chi connectivity index (χ2v) is 4.68. The highest BCUT2D eigenvalue weighted by Gasteiger charge is 2.33. The van der Waals surface area contributed by atoms with Gasteiger partial charge in [0, 0.05) is 18.4 Å². The van der Waals surface area contributed by atoms with Crippen LogP contribution in [0.15, 0.2) is 0 Å². The summed E-state index contributed by atoms with van der Waals surface area (Å²) in [5, 5.41) is 2.95. The molecular weight excluding hydrogens is 192 g/mol. The molecule has 4 heteroatoms. The van der Waals surface area contributed by atoms with E-state index < -0.39 is 0 Å². The average Bonchev–Trinajstić information content (AvgIpc) is 2.19. The lowest BCUT2D eigenvalue weighted by molar-refractivity contribution is -0.126. The van der Waals surface area contributed by atoms with Crippen molar-refractivity contribution in [3.05, 3.63) is 0 Å². The molecule has 1 heterocycles.